The molecule has 0 bridgehead atoms. The smallest absolute Gasteiger partial charge is 0.226 e. The highest BCUT2D eigenvalue weighted by atomic mass is 32.2. The van der Waals surface area contributed by atoms with Crippen molar-refractivity contribution >= 4 is 32.0 Å². The number of rotatable bonds is 6. The molecule has 0 saturated heterocycles. The van der Waals surface area contributed by atoms with Gasteiger partial charge in [-0.1, -0.05) is 18.2 Å². The van der Waals surface area contributed by atoms with Crippen molar-refractivity contribution in [2.45, 2.75) is 11.3 Å². The van der Waals surface area contributed by atoms with Gasteiger partial charge in [-0.3, -0.25) is 9.20 Å². The number of hydrogen-bond acceptors (Lipinski definition) is 5. The molecule has 23 heavy (non-hydrogen) atoms. The average molecular weight is 349 g/mol. The summed E-state index contributed by atoms with van der Waals surface area (Å²) in [5.41, 5.74) is 0.667. The van der Waals surface area contributed by atoms with Gasteiger partial charge >= 0.3 is 0 Å². The minimum Gasteiger partial charge on any atom is -0.355 e. The summed E-state index contributed by atoms with van der Waals surface area (Å²) in [7, 11) is -3.37. The fraction of sp³-hybridized carbons (Fsp3) is 0.200. The summed E-state index contributed by atoms with van der Waals surface area (Å²) in [5, 5.41) is 4.55. The Hall–Kier alpha value is -2.19. The van der Waals surface area contributed by atoms with Crippen LogP contribution in [0.25, 0.3) is 4.96 Å². The normalized spacial score (nSPS) is 11.7. The van der Waals surface area contributed by atoms with Crippen LogP contribution in [0, 0.1) is 0 Å². The summed E-state index contributed by atoms with van der Waals surface area (Å²) < 4.78 is 26.0. The third-order valence-corrected chi connectivity index (χ3v) is 5.78. The van der Waals surface area contributed by atoms with Crippen molar-refractivity contribution in [3.63, 3.8) is 0 Å². The van der Waals surface area contributed by atoms with Crippen LogP contribution in [-0.4, -0.2) is 36.0 Å². The van der Waals surface area contributed by atoms with E-state index in [4.69, 9.17) is 0 Å². The van der Waals surface area contributed by atoms with Crippen LogP contribution in [0.1, 0.15) is 5.69 Å². The highest BCUT2D eigenvalue weighted by Crippen LogP contribution is 2.12. The Morgan fingerprint density at radius 2 is 2.04 bits per heavy atom. The predicted molar refractivity (Wildman–Crippen MR) is 88.3 cm³/mol. The number of nitrogens with one attached hydrogen (secondary N) is 1. The van der Waals surface area contributed by atoms with Crippen LogP contribution in [0.4, 0.5) is 0 Å². The van der Waals surface area contributed by atoms with Crippen molar-refractivity contribution in [2.24, 2.45) is 0 Å². The van der Waals surface area contributed by atoms with Gasteiger partial charge in [-0.25, -0.2) is 13.4 Å². The molecule has 0 spiro atoms. The number of fused-ring (bicyclic) bond motifs is 1. The van der Waals surface area contributed by atoms with E-state index in [9.17, 15) is 13.2 Å². The topological polar surface area (TPSA) is 80.5 Å². The number of hydrogen-bond donors (Lipinski definition) is 1. The fourth-order valence-corrected chi connectivity index (χ4v) is 4.06. The van der Waals surface area contributed by atoms with Crippen molar-refractivity contribution in [1.29, 1.82) is 0 Å². The molecule has 3 rings (SSSR count). The Kier molecular flexibility index (Phi) is 4.44. The number of imidazole rings is 1. The Labute approximate surface area is 137 Å². The highest BCUT2D eigenvalue weighted by molar-refractivity contribution is 7.91. The molecule has 6 nitrogen and oxygen atoms in total. The fourth-order valence-electron chi connectivity index (χ4n) is 2.16. The van der Waals surface area contributed by atoms with Crippen LogP contribution >= 0.6 is 11.3 Å². The molecule has 1 aromatic carbocycles. The van der Waals surface area contributed by atoms with Crippen molar-refractivity contribution < 1.29 is 13.2 Å². The molecular weight excluding hydrogens is 334 g/mol. The van der Waals surface area contributed by atoms with Gasteiger partial charge in [0.1, 0.15) is 0 Å². The zero-order chi connectivity index (χ0) is 16.3. The summed E-state index contributed by atoms with van der Waals surface area (Å²) in [4.78, 5) is 17.3. The van der Waals surface area contributed by atoms with Gasteiger partial charge in [-0.2, -0.15) is 0 Å². The maximum atomic E-state index is 12.1. The maximum Gasteiger partial charge on any atom is 0.226 e. The van der Waals surface area contributed by atoms with E-state index in [1.54, 1.807) is 36.5 Å². The lowest BCUT2D eigenvalue weighted by atomic mass is 10.3. The van der Waals surface area contributed by atoms with Gasteiger partial charge in [0.25, 0.3) is 0 Å². The first kappa shape index (κ1) is 15.7. The molecule has 1 N–H and O–H groups in total. The van der Waals surface area contributed by atoms with E-state index in [0.29, 0.717) is 5.69 Å². The number of carbonyl (C=O) groups excluding carboxylic acids is 1. The van der Waals surface area contributed by atoms with Gasteiger partial charge in [0, 0.05) is 24.3 Å². The van der Waals surface area contributed by atoms with E-state index in [1.807, 2.05) is 16.0 Å². The molecule has 0 atom stereocenters. The number of amides is 1. The van der Waals surface area contributed by atoms with Gasteiger partial charge in [-0.05, 0) is 12.1 Å². The molecule has 8 heteroatoms. The van der Waals surface area contributed by atoms with Crippen LogP contribution in [0.15, 0.2) is 53.0 Å². The lowest BCUT2D eigenvalue weighted by Gasteiger charge is -2.06. The van der Waals surface area contributed by atoms with Crippen molar-refractivity contribution in [2.75, 3.05) is 12.3 Å². The molecule has 0 aliphatic rings. The minimum absolute atomic E-state index is 0.0816. The number of benzene rings is 1. The molecule has 0 saturated carbocycles. The second kappa shape index (κ2) is 6.51. The van der Waals surface area contributed by atoms with Crippen LogP contribution in [-0.2, 0) is 21.1 Å². The average Bonchev–Trinajstić information content (AvgIpc) is 3.09. The minimum atomic E-state index is -3.37. The summed E-state index contributed by atoms with van der Waals surface area (Å²) in [6, 6.07) is 8.21. The maximum absolute atomic E-state index is 12.1. The van der Waals surface area contributed by atoms with E-state index in [0.717, 1.165) is 4.96 Å². The Morgan fingerprint density at radius 3 is 2.78 bits per heavy atom. The summed E-state index contributed by atoms with van der Waals surface area (Å²) in [6.45, 7) is 0.0816. The molecule has 1 amide bonds. The van der Waals surface area contributed by atoms with Crippen molar-refractivity contribution in [1.82, 2.24) is 14.7 Å². The van der Waals surface area contributed by atoms with E-state index >= 15 is 0 Å². The number of thiazole rings is 1. The number of aromatic nitrogens is 2. The third-order valence-electron chi connectivity index (χ3n) is 3.28. The van der Waals surface area contributed by atoms with Crippen LogP contribution in [0.3, 0.4) is 0 Å². The van der Waals surface area contributed by atoms with E-state index in [2.05, 4.69) is 10.3 Å². The molecule has 3 aromatic rings. The molecule has 0 aliphatic carbocycles. The Morgan fingerprint density at radius 1 is 1.26 bits per heavy atom. The zero-order valence-electron chi connectivity index (χ0n) is 12.2. The Bertz CT molecular complexity index is 885. The highest BCUT2D eigenvalue weighted by Gasteiger charge is 2.14. The monoisotopic (exact) mass is 349 g/mol. The number of sulfone groups is 1. The van der Waals surface area contributed by atoms with Crippen LogP contribution < -0.4 is 5.32 Å². The molecule has 0 aliphatic heterocycles. The summed E-state index contributed by atoms with van der Waals surface area (Å²) in [5.74, 6) is -0.361. The summed E-state index contributed by atoms with van der Waals surface area (Å²) >= 11 is 1.49. The molecule has 2 heterocycles. The number of carbonyl (C=O) groups is 1. The first-order chi connectivity index (χ1) is 11.0. The molecule has 120 valence electrons. The van der Waals surface area contributed by atoms with Gasteiger partial charge < -0.3 is 5.32 Å². The second-order valence-electron chi connectivity index (χ2n) is 4.98. The molecular formula is C15H15N3O3S2. The lowest BCUT2D eigenvalue weighted by Crippen LogP contribution is -2.30. The van der Waals surface area contributed by atoms with Crippen molar-refractivity contribution in [3.05, 3.63) is 53.8 Å². The standard InChI is InChI=1S/C15H15N3O3S2/c19-14(10-12-11-18-7-8-22-15(18)17-12)16-6-9-23(20,21)13-4-2-1-3-5-13/h1-5,7-8,11H,6,9-10H2,(H,16,19). The first-order valence-corrected chi connectivity index (χ1v) is 9.53. The van der Waals surface area contributed by atoms with Gasteiger partial charge in [0.15, 0.2) is 14.8 Å². The van der Waals surface area contributed by atoms with Gasteiger partial charge in [0.2, 0.25) is 5.91 Å². The molecule has 0 radical (unpaired) electrons. The summed E-state index contributed by atoms with van der Waals surface area (Å²) in [6.07, 6.45) is 3.81. The van der Waals surface area contributed by atoms with Gasteiger partial charge in [0.05, 0.1) is 22.8 Å². The Balaban J connectivity index is 1.52. The quantitative estimate of drug-likeness (QED) is 0.732. The molecule has 0 unspecified atom stereocenters. The van der Waals surface area contributed by atoms with E-state index in [-0.39, 0.29) is 29.5 Å². The van der Waals surface area contributed by atoms with Crippen LogP contribution in [0.5, 0.6) is 0 Å². The zero-order valence-corrected chi connectivity index (χ0v) is 13.8. The SMILES string of the molecule is O=C(Cc1cn2ccsc2n1)NCCS(=O)(=O)c1ccccc1. The first-order valence-electron chi connectivity index (χ1n) is 7.00. The molecule has 2 aromatic heterocycles. The third kappa shape index (κ3) is 3.77. The second-order valence-corrected chi connectivity index (χ2v) is 7.97. The van der Waals surface area contributed by atoms with E-state index < -0.39 is 9.84 Å². The van der Waals surface area contributed by atoms with Crippen molar-refractivity contribution in [3.8, 4) is 0 Å². The lowest BCUT2D eigenvalue weighted by molar-refractivity contribution is -0.120. The van der Waals surface area contributed by atoms with Crippen LogP contribution in [0.2, 0.25) is 0 Å². The molecule has 0 fully saturated rings. The predicted octanol–water partition coefficient (Wildman–Crippen LogP) is 1.53. The van der Waals surface area contributed by atoms with E-state index in [1.165, 1.54) is 11.3 Å². The largest absolute Gasteiger partial charge is 0.355 e. The number of nitrogens with zero attached hydrogens (tertiary/aromatic N) is 2. The van der Waals surface area contributed by atoms with Gasteiger partial charge in [-0.15, -0.1) is 11.3 Å².